The van der Waals surface area contributed by atoms with Crippen LogP contribution in [0.5, 0.6) is 5.75 Å². The lowest BCUT2D eigenvalue weighted by atomic mass is 9.95. The predicted octanol–water partition coefficient (Wildman–Crippen LogP) is 2.77. The summed E-state index contributed by atoms with van der Waals surface area (Å²) in [5, 5.41) is 12.0. The maximum absolute atomic E-state index is 12.3. The molecule has 0 aliphatic heterocycles. The summed E-state index contributed by atoms with van der Waals surface area (Å²) in [7, 11) is 0. The minimum atomic E-state index is -0.883. The summed E-state index contributed by atoms with van der Waals surface area (Å²) in [6.07, 6.45) is 1.19. The molecule has 2 N–H and O–H groups in total. The van der Waals surface area contributed by atoms with Crippen molar-refractivity contribution >= 4 is 17.6 Å². The average Bonchev–Trinajstić information content (AvgIpc) is 2.84. The maximum Gasteiger partial charge on any atom is 0.307 e. The number of carbonyl (C=O) groups is 2. The van der Waals surface area contributed by atoms with Crippen molar-refractivity contribution in [2.45, 2.75) is 26.7 Å². The lowest BCUT2D eigenvalue weighted by molar-refractivity contribution is -0.145. The maximum atomic E-state index is 12.3. The number of benzene rings is 1. The zero-order valence-corrected chi connectivity index (χ0v) is 12.3. The second kappa shape index (κ2) is 6.61. The van der Waals surface area contributed by atoms with Crippen molar-refractivity contribution in [2.24, 2.45) is 17.8 Å². The van der Waals surface area contributed by atoms with E-state index in [1.165, 1.54) is 0 Å². The monoisotopic (exact) mass is 291 g/mol. The SMILES string of the molecule is CCOc1ccc(NC(=O)[C@H]2CC(C)C[C@H]2C(=O)O)cc1. The van der Waals surface area contributed by atoms with Crippen molar-refractivity contribution in [2.75, 3.05) is 11.9 Å². The highest BCUT2D eigenvalue weighted by molar-refractivity contribution is 5.95. The summed E-state index contributed by atoms with van der Waals surface area (Å²) in [5.41, 5.74) is 0.659. The highest BCUT2D eigenvalue weighted by Gasteiger charge is 2.41. The molecule has 1 fully saturated rings. The number of nitrogens with one attached hydrogen (secondary N) is 1. The summed E-state index contributed by atoms with van der Waals surface area (Å²) in [6, 6.07) is 7.09. The van der Waals surface area contributed by atoms with Crippen molar-refractivity contribution in [1.82, 2.24) is 0 Å². The number of hydrogen-bond acceptors (Lipinski definition) is 3. The third kappa shape index (κ3) is 3.74. The van der Waals surface area contributed by atoms with Crippen LogP contribution < -0.4 is 10.1 Å². The molecule has 21 heavy (non-hydrogen) atoms. The number of carboxylic acids is 1. The summed E-state index contributed by atoms with van der Waals surface area (Å²) in [4.78, 5) is 23.5. The molecule has 2 rings (SSSR count). The Balaban J connectivity index is 2.01. The van der Waals surface area contributed by atoms with E-state index in [4.69, 9.17) is 4.74 Å². The van der Waals surface area contributed by atoms with Crippen molar-refractivity contribution in [3.8, 4) is 5.75 Å². The van der Waals surface area contributed by atoms with Crippen LogP contribution in [0.15, 0.2) is 24.3 Å². The highest BCUT2D eigenvalue weighted by Crippen LogP contribution is 2.37. The fraction of sp³-hybridized carbons (Fsp3) is 0.500. The Kier molecular flexibility index (Phi) is 4.83. The Labute approximate surface area is 124 Å². The van der Waals surface area contributed by atoms with E-state index in [9.17, 15) is 14.7 Å². The summed E-state index contributed by atoms with van der Waals surface area (Å²) in [5.74, 6) is -1.12. The Morgan fingerprint density at radius 2 is 1.86 bits per heavy atom. The van der Waals surface area contributed by atoms with E-state index in [1.807, 2.05) is 13.8 Å². The lowest BCUT2D eigenvalue weighted by Gasteiger charge is -2.15. The van der Waals surface area contributed by atoms with E-state index < -0.39 is 17.8 Å². The summed E-state index contributed by atoms with van der Waals surface area (Å²) >= 11 is 0. The first kappa shape index (κ1) is 15.4. The van der Waals surface area contributed by atoms with Gasteiger partial charge in [-0.2, -0.15) is 0 Å². The molecule has 3 atom stereocenters. The molecule has 114 valence electrons. The zero-order valence-electron chi connectivity index (χ0n) is 12.3. The minimum absolute atomic E-state index is 0.212. The molecule has 1 aliphatic rings. The molecule has 1 unspecified atom stereocenters. The van der Waals surface area contributed by atoms with Crippen molar-refractivity contribution < 1.29 is 19.4 Å². The normalized spacial score (nSPS) is 24.6. The second-order valence-corrected chi connectivity index (χ2v) is 5.57. The fourth-order valence-electron chi connectivity index (χ4n) is 2.89. The van der Waals surface area contributed by atoms with E-state index in [-0.39, 0.29) is 11.8 Å². The van der Waals surface area contributed by atoms with Gasteiger partial charge in [-0.1, -0.05) is 6.92 Å². The molecule has 0 aromatic heterocycles. The van der Waals surface area contributed by atoms with Crippen LogP contribution in [0.1, 0.15) is 26.7 Å². The Morgan fingerprint density at radius 1 is 1.24 bits per heavy atom. The minimum Gasteiger partial charge on any atom is -0.494 e. The van der Waals surface area contributed by atoms with E-state index in [0.717, 1.165) is 5.75 Å². The molecule has 0 bridgehead atoms. The van der Waals surface area contributed by atoms with Gasteiger partial charge in [0, 0.05) is 5.69 Å². The Morgan fingerprint density at radius 3 is 2.43 bits per heavy atom. The standard InChI is InChI=1S/C16H21NO4/c1-3-21-12-6-4-11(5-7-12)17-15(18)13-8-10(2)9-14(13)16(19)20/h4-7,10,13-14H,3,8-9H2,1-2H3,(H,17,18)(H,19,20)/t10?,13-,14+/m0/s1. The van der Waals surface area contributed by atoms with Crippen LogP contribution >= 0.6 is 0 Å². The number of anilines is 1. The van der Waals surface area contributed by atoms with Gasteiger partial charge >= 0.3 is 5.97 Å². The van der Waals surface area contributed by atoms with Crippen molar-refractivity contribution in [3.63, 3.8) is 0 Å². The first-order valence-corrected chi connectivity index (χ1v) is 7.27. The Bertz CT molecular complexity index is 512. The van der Waals surface area contributed by atoms with Gasteiger partial charge in [-0.25, -0.2) is 0 Å². The van der Waals surface area contributed by atoms with Gasteiger partial charge < -0.3 is 15.2 Å². The summed E-state index contributed by atoms with van der Waals surface area (Å²) < 4.78 is 5.34. The van der Waals surface area contributed by atoms with Crippen LogP contribution in [0.3, 0.4) is 0 Å². The van der Waals surface area contributed by atoms with Gasteiger partial charge in [-0.3, -0.25) is 9.59 Å². The largest absolute Gasteiger partial charge is 0.494 e. The molecule has 1 aromatic rings. The number of carboxylic acid groups (broad SMARTS) is 1. The van der Waals surface area contributed by atoms with Gasteiger partial charge in [-0.05, 0) is 49.9 Å². The number of hydrogen-bond donors (Lipinski definition) is 2. The molecule has 0 saturated heterocycles. The fourth-order valence-corrected chi connectivity index (χ4v) is 2.89. The van der Waals surface area contributed by atoms with Crippen LogP contribution in [0.25, 0.3) is 0 Å². The van der Waals surface area contributed by atoms with Crippen LogP contribution in [0, 0.1) is 17.8 Å². The summed E-state index contributed by atoms with van der Waals surface area (Å²) in [6.45, 7) is 4.48. The van der Waals surface area contributed by atoms with E-state index in [1.54, 1.807) is 24.3 Å². The molecule has 5 heteroatoms. The van der Waals surface area contributed by atoms with Gasteiger partial charge in [0.15, 0.2) is 0 Å². The molecule has 5 nitrogen and oxygen atoms in total. The molecule has 1 saturated carbocycles. The number of ether oxygens (including phenoxy) is 1. The first-order valence-electron chi connectivity index (χ1n) is 7.27. The second-order valence-electron chi connectivity index (χ2n) is 5.57. The predicted molar refractivity (Wildman–Crippen MR) is 79.3 cm³/mol. The van der Waals surface area contributed by atoms with Crippen LogP contribution in [-0.4, -0.2) is 23.6 Å². The molecule has 1 aliphatic carbocycles. The number of rotatable bonds is 5. The first-order chi connectivity index (χ1) is 10.0. The van der Waals surface area contributed by atoms with Crippen molar-refractivity contribution in [1.29, 1.82) is 0 Å². The molecular formula is C16H21NO4. The van der Waals surface area contributed by atoms with E-state index >= 15 is 0 Å². The third-order valence-electron chi connectivity index (χ3n) is 3.89. The molecule has 0 spiro atoms. The van der Waals surface area contributed by atoms with Gasteiger partial charge in [0.25, 0.3) is 0 Å². The molecule has 0 heterocycles. The van der Waals surface area contributed by atoms with Crippen LogP contribution in [0.4, 0.5) is 5.69 Å². The molecular weight excluding hydrogens is 270 g/mol. The molecule has 1 aromatic carbocycles. The van der Waals surface area contributed by atoms with Crippen LogP contribution in [0.2, 0.25) is 0 Å². The number of amides is 1. The molecule has 0 radical (unpaired) electrons. The highest BCUT2D eigenvalue weighted by atomic mass is 16.5. The molecule has 1 amide bonds. The van der Waals surface area contributed by atoms with E-state index in [2.05, 4.69) is 5.32 Å². The van der Waals surface area contributed by atoms with Gasteiger partial charge in [0.05, 0.1) is 18.4 Å². The van der Waals surface area contributed by atoms with Crippen LogP contribution in [-0.2, 0) is 9.59 Å². The van der Waals surface area contributed by atoms with Gasteiger partial charge in [0.2, 0.25) is 5.91 Å². The topological polar surface area (TPSA) is 75.6 Å². The third-order valence-corrected chi connectivity index (χ3v) is 3.89. The smallest absolute Gasteiger partial charge is 0.307 e. The van der Waals surface area contributed by atoms with Gasteiger partial charge in [0.1, 0.15) is 5.75 Å². The van der Waals surface area contributed by atoms with Crippen molar-refractivity contribution in [3.05, 3.63) is 24.3 Å². The van der Waals surface area contributed by atoms with Gasteiger partial charge in [-0.15, -0.1) is 0 Å². The number of carbonyl (C=O) groups excluding carboxylic acids is 1. The zero-order chi connectivity index (χ0) is 15.4. The lowest BCUT2D eigenvalue weighted by Crippen LogP contribution is -2.29. The quantitative estimate of drug-likeness (QED) is 0.874. The number of aliphatic carboxylic acids is 1. The average molecular weight is 291 g/mol. The Hall–Kier alpha value is -2.04. The van der Waals surface area contributed by atoms with E-state index in [0.29, 0.717) is 25.1 Å².